The van der Waals surface area contributed by atoms with Crippen molar-refractivity contribution in [1.29, 1.82) is 0 Å². The molecule has 1 atom stereocenters. The topological polar surface area (TPSA) is 76.2 Å². The van der Waals surface area contributed by atoms with E-state index in [4.69, 9.17) is 9.47 Å². The number of hydrogen-bond donors (Lipinski definition) is 2. The van der Waals surface area contributed by atoms with Crippen molar-refractivity contribution in [3.63, 3.8) is 0 Å². The highest BCUT2D eigenvalue weighted by molar-refractivity contribution is 6.05. The number of hydrogen-bond acceptors (Lipinski definition) is 4. The predicted octanol–water partition coefficient (Wildman–Crippen LogP) is 5.67. The molecule has 1 amide bonds. The second kappa shape index (κ2) is 8.92. The van der Waals surface area contributed by atoms with Gasteiger partial charge >= 0.3 is 0 Å². The van der Waals surface area contributed by atoms with Crippen molar-refractivity contribution in [3.8, 4) is 22.9 Å². The average molecular weight is 415 g/mol. The molecule has 0 radical (unpaired) electrons. The number of benzene rings is 3. The van der Waals surface area contributed by atoms with Crippen LogP contribution in [0, 0.1) is 0 Å². The lowest BCUT2D eigenvalue weighted by molar-refractivity contribution is 0.102. The summed E-state index contributed by atoms with van der Waals surface area (Å²) in [5, 5.41) is 2.96. The van der Waals surface area contributed by atoms with Gasteiger partial charge in [0.05, 0.1) is 29.9 Å². The Morgan fingerprint density at radius 2 is 1.94 bits per heavy atom. The molecule has 0 aliphatic heterocycles. The van der Waals surface area contributed by atoms with Crippen molar-refractivity contribution in [2.75, 3.05) is 12.4 Å². The third kappa shape index (κ3) is 4.53. The van der Waals surface area contributed by atoms with E-state index in [0.717, 1.165) is 28.8 Å². The van der Waals surface area contributed by atoms with Gasteiger partial charge in [-0.2, -0.15) is 0 Å². The Bertz CT molecular complexity index is 1180. The van der Waals surface area contributed by atoms with Crippen LogP contribution in [0.25, 0.3) is 22.4 Å². The fraction of sp³-hybridized carbons (Fsp3) is 0.200. The van der Waals surface area contributed by atoms with Crippen LogP contribution in [0.5, 0.6) is 11.5 Å². The highest BCUT2D eigenvalue weighted by Crippen LogP contribution is 2.31. The van der Waals surface area contributed by atoms with Gasteiger partial charge in [0.2, 0.25) is 0 Å². The Kier molecular flexibility index (Phi) is 5.89. The smallest absolute Gasteiger partial charge is 0.255 e. The molecule has 6 heteroatoms. The van der Waals surface area contributed by atoms with Crippen molar-refractivity contribution in [3.05, 3.63) is 72.3 Å². The predicted molar refractivity (Wildman–Crippen MR) is 123 cm³/mol. The minimum atomic E-state index is -0.241. The lowest BCUT2D eigenvalue weighted by Gasteiger charge is -2.14. The van der Waals surface area contributed by atoms with Crippen LogP contribution in [-0.2, 0) is 0 Å². The number of anilines is 1. The number of nitrogens with one attached hydrogen (secondary N) is 2. The molecule has 6 nitrogen and oxygen atoms in total. The number of para-hydroxylation sites is 2. The lowest BCUT2D eigenvalue weighted by Crippen LogP contribution is -2.14. The highest BCUT2D eigenvalue weighted by Gasteiger charge is 2.14. The summed E-state index contributed by atoms with van der Waals surface area (Å²) in [4.78, 5) is 20.9. The van der Waals surface area contributed by atoms with Gasteiger partial charge in [-0.25, -0.2) is 4.98 Å². The minimum Gasteiger partial charge on any atom is -0.495 e. The van der Waals surface area contributed by atoms with E-state index in [-0.39, 0.29) is 12.0 Å². The summed E-state index contributed by atoms with van der Waals surface area (Å²) >= 11 is 0. The summed E-state index contributed by atoms with van der Waals surface area (Å²) in [6.45, 7) is 4.06. The van der Waals surface area contributed by atoms with Crippen molar-refractivity contribution in [2.24, 2.45) is 0 Å². The first-order chi connectivity index (χ1) is 15.1. The monoisotopic (exact) mass is 415 g/mol. The molecule has 1 aromatic heterocycles. The van der Waals surface area contributed by atoms with Crippen LogP contribution in [0.3, 0.4) is 0 Å². The van der Waals surface area contributed by atoms with E-state index in [9.17, 15) is 4.79 Å². The van der Waals surface area contributed by atoms with E-state index < -0.39 is 0 Å². The first-order valence-electron chi connectivity index (χ1n) is 10.3. The van der Waals surface area contributed by atoms with Crippen molar-refractivity contribution < 1.29 is 14.3 Å². The SMILES string of the molecule is CC[C@@H](C)Oc1cccc(C(=O)Nc2cc(-c3nc4ccccc4[nH]3)ccc2OC)c1. The molecule has 31 heavy (non-hydrogen) atoms. The average Bonchev–Trinajstić information content (AvgIpc) is 3.23. The Balaban J connectivity index is 1.61. The van der Waals surface area contributed by atoms with Gasteiger partial charge in [0.1, 0.15) is 17.3 Å². The molecule has 3 aromatic carbocycles. The Hall–Kier alpha value is -3.80. The van der Waals surface area contributed by atoms with Crippen LogP contribution in [0.2, 0.25) is 0 Å². The number of nitrogens with zero attached hydrogens (tertiary/aromatic N) is 1. The standard InChI is InChI=1S/C25H25N3O3/c1-4-16(2)31-19-9-7-8-18(14-19)25(29)28-22-15-17(12-13-23(22)30-3)24-26-20-10-5-6-11-21(20)27-24/h5-16H,4H2,1-3H3,(H,26,27)(H,28,29)/t16-/m1/s1. The Labute approximate surface area is 181 Å². The van der Waals surface area contributed by atoms with E-state index in [0.29, 0.717) is 22.7 Å². The maximum absolute atomic E-state index is 12.9. The van der Waals surface area contributed by atoms with Crippen molar-refractivity contribution >= 4 is 22.6 Å². The van der Waals surface area contributed by atoms with Crippen molar-refractivity contribution in [2.45, 2.75) is 26.4 Å². The number of imidazole rings is 1. The maximum atomic E-state index is 12.9. The first kappa shape index (κ1) is 20.5. The summed E-state index contributed by atoms with van der Waals surface area (Å²) in [7, 11) is 1.58. The maximum Gasteiger partial charge on any atom is 0.255 e. The molecule has 0 saturated carbocycles. The zero-order valence-corrected chi connectivity index (χ0v) is 17.8. The van der Waals surface area contributed by atoms with Gasteiger partial charge in [0, 0.05) is 11.1 Å². The van der Waals surface area contributed by atoms with Gasteiger partial charge in [-0.05, 0) is 61.9 Å². The Morgan fingerprint density at radius 1 is 1.10 bits per heavy atom. The molecule has 2 N–H and O–H groups in total. The van der Waals surface area contributed by atoms with Crippen LogP contribution < -0.4 is 14.8 Å². The number of carbonyl (C=O) groups excluding carboxylic acids is 1. The number of H-pyrrole nitrogens is 1. The molecule has 0 aliphatic rings. The first-order valence-corrected chi connectivity index (χ1v) is 10.3. The van der Waals surface area contributed by atoms with E-state index in [1.54, 1.807) is 19.2 Å². The number of methoxy groups -OCH3 is 1. The second-order valence-electron chi connectivity index (χ2n) is 7.34. The number of rotatable bonds is 7. The van der Waals surface area contributed by atoms with Crippen LogP contribution in [0.15, 0.2) is 66.7 Å². The summed E-state index contributed by atoms with van der Waals surface area (Å²) in [6.07, 6.45) is 0.973. The zero-order valence-electron chi connectivity index (χ0n) is 17.8. The van der Waals surface area contributed by atoms with Gasteiger partial charge in [0.25, 0.3) is 5.91 Å². The number of aromatic nitrogens is 2. The van der Waals surface area contributed by atoms with E-state index in [2.05, 4.69) is 22.2 Å². The number of ether oxygens (including phenoxy) is 2. The molecule has 0 fully saturated rings. The highest BCUT2D eigenvalue weighted by atomic mass is 16.5. The van der Waals surface area contributed by atoms with Crippen molar-refractivity contribution in [1.82, 2.24) is 9.97 Å². The van der Waals surface area contributed by atoms with Gasteiger partial charge in [-0.3, -0.25) is 4.79 Å². The Morgan fingerprint density at radius 3 is 2.71 bits per heavy atom. The van der Waals surface area contributed by atoms with Gasteiger partial charge in [-0.15, -0.1) is 0 Å². The van der Waals surface area contributed by atoms with Crippen LogP contribution in [0.1, 0.15) is 30.6 Å². The molecule has 4 rings (SSSR count). The van der Waals surface area contributed by atoms with Crippen LogP contribution in [0.4, 0.5) is 5.69 Å². The number of carbonyl (C=O) groups is 1. The number of amides is 1. The summed E-state index contributed by atoms with van der Waals surface area (Å²) in [5.74, 6) is 1.73. The minimum absolute atomic E-state index is 0.0823. The molecule has 0 bridgehead atoms. The largest absolute Gasteiger partial charge is 0.495 e. The summed E-state index contributed by atoms with van der Waals surface area (Å²) in [6, 6.07) is 20.6. The molecular formula is C25H25N3O3. The second-order valence-corrected chi connectivity index (χ2v) is 7.34. The van der Waals surface area contributed by atoms with E-state index in [1.165, 1.54) is 0 Å². The quantitative estimate of drug-likeness (QED) is 0.408. The van der Waals surface area contributed by atoms with Gasteiger partial charge in [0.15, 0.2) is 0 Å². The normalized spacial score (nSPS) is 11.8. The number of aromatic amines is 1. The molecule has 0 aliphatic carbocycles. The van der Waals surface area contributed by atoms with Gasteiger partial charge < -0.3 is 19.8 Å². The van der Waals surface area contributed by atoms with E-state index in [1.807, 2.05) is 61.5 Å². The van der Waals surface area contributed by atoms with Crippen LogP contribution in [-0.4, -0.2) is 29.1 Å². The lowest BCUT2D eigenvalue weighted by atomic mass is 10.1. The third-order valence-electron chi connectivity index (χ3n) is 5.12. The molecule has 1 heterocycles. The number of fused-ring (bicyclic) bond motifs is 1. The summed E-state index contributed by atoms with van der Waals surface area (Å²) < 4.78 is 11.3. The summed E-state index contributed by atoms with van der Waals surface area (Å²) in [5.41, 5.74) is 3.77. The molecule has 0 unspecified atom stereocenters. The zero-order chi connectivity index (χ0) is 21.8. The van der Waals surface area contributed by atoms with Gasteiger partial charge in [-0.1, -0.05) is 25.1 Å². The molecule has 0 saturated heterocycles. The molecular weight excluding hydrogens is 390 g/mol. The molecule has 158 valence electrons. The fourth-order valence-corrected chi connectivity index (χ4v) is 3.26. The third-order valence-corrected chi connectivity index (χ3v) is 5.12. The molecule has 0 spiro atoms. The molecule has 4 aromatic rings. The fourth-order valence-electron chi connectivity index (χ4n) is 3.26. The van der Waals surface area contributed by atoms with E-state index >= 15 is 0 Å². The van der Waals surface area contributed by atoms with Crippen LogP contribution >= 0.6 is 0 Å².